The number of aromatic nitrogens is 1. The number of nitrogens with zero attached hydrogens (tertiary/aromatic N) is 1. The average molecular weight is 301 g/mol. The van der Waals surface area contributed by atoms with Gasteiger partial charge in [0.25, 0.3) is 0 Å². The summed E-state index contributed by atoms with van der Waals surface area (Å²) < 4.78 is 5.79. The van der Waals surface area contributed by atoms with E-state index in [1.165, 1.54) is 16.6 Å². The molecule has 114 valence electrons. The first-order valence-corrected chi connectivity index (χ1v) is 8.40. The minimum atomic E-state index is 0.481. The molecule has 1 aliphatic carbocycles. The predicted molar refractivity (Wildman–Crippen MR) is 91.5 cm³/mol. The molecular weight excluding hydrogens is 282 g/mol. The molecule has 2 heteroatoms. The molecule has 1 aromatic heterocycles. The molecule has 4 atom stereocenters. The third-order valence-corrected chi connectivity index (χ3v) is 5.63. The largest absolute Gasteiger partial charge is 0.381 e. The van der Waals surface area contributed by atoms with Crippen LogP contribution in [0.15, 0.2) is 66.7 Å². The van der Waals surface area contributed by atoms with E-state index in [2.05, 4.69) is 66.7 Å². The van der Waals surface area contributed by atoms with E-state index in [0.717, 1.165) is 18.7 Å². The Morgan fingerprint density at radius 2 is 1.48 bits per heavy atom. The van der Waals surface area contributed by atoms with Gasteiger partial charge < -0.3 is 4.74 Å². The van der Waals surface area contributed by atoms with Crippen LogP contribution in [0.1, 0.15) is 23.1 Å². The third-order valence-electron chi connectivity index (χ3n) is 5.63. The molecule has 4 unspecified atom stereocenters. The molecule has 2 aliphatic rings. The number of fused-ring (bicyclic) bond motifs is 2. The maximum atomic E-state index is 5.79. The van der Waals surface area contributed by atoms with Gasteiger partial charge in [-0.25, -0.2) is 0 Å². The average Bonchev–Trinajstić information content (AvgIpc) is 2.99. The topological polar surface area (TPSA) is 22.1 Å². The highest BCUT2D eigenvalue weighted by Crippen LogP contribution is 2.59. The second-order valence-electron chi connectivity index (χ2n) is 6.76. The molecule has 0 radical (unpaired) electrons. The highest BCUT2D eigenvalue weighted by molar-refractivity contribution is 5.78. The lowest BCUT2D eigenvalue weighted by atomic mass is 9.55. The lowest BCUT2D eigenvalue weighted by Crippen LogP contribution is -2.42. The van der Waals surface area contributed by atoms with Crippen molar-refractivity contribution in [1.82, 2.24) is 4.98 Å². The minimum Gasteiger partial charge on any atom is -0.381 e. The van der Waals surface area contributed by atoms with Crippen molar-refractivity contribution in [3.05, 3.63) is 78.0 Å². The Labute approximate surface area is 136 Å². The highest BCUT2D eigenvalue weighted by atomic mass is 16.5. The number of ether oxygens (including phenoxy) is 1. The van der Waals surface area contributed by atoms with Crippen LogP contribution < -0.4 is 0 Å². The number of para-hydroxylation sites is 1. The molecule has 2 aromatic carbocycles. The standard InChI is InChI=1S/C21H19NO/c1-2-7-15(8-3-1)20-16-12-23-13-17(16)21(20)19-11-10-14-6-4-5-9-18(14)22-19/h1-11,16-17,20-21H,12-13H2. The Bertz CT molecular complexity index is 845. The van der Waals surface area contributed by atoms with Crippen molar-refractivity contribution in [2.24, 2.45) is 11.8 Å². The molecule has 0 spiro atoms. The fourth-order valence-corrected chi connectivity index (χ4v) is 4.52. The van der Waals surface area contributed by atoms with Gasteiger partial charge in [-0.3, -0.25) is 4.98 Å². The quantitative estimate of drug-likeness (QED) is 0.701. The minimum absolute atomic E-state index is 0.481. The molecule has 1 saturated carbocycles. The van der Waals surface area contributed by atoms with Crippen molar-refractivity contribution >= 4 is 10.9 Å². The van der Waals surface area contributed by atoms with Crippen molar-refractivity contribution in [1.29, 1.82) is 0 Å². The molecule has 0 amide bonds. The van der Waals surface area contributed by atoms with E-state index in [1.807, 2.05) is 0 Å². The summed E-state index contributed by atoms with van der Waals surface area (Å²) in [5.41, 5.74) is 3.75. The molecule has 0 N–H and O–H groups in total. The SMILES string of the molecule is c1ccc(C2C3COCC3C2c2ccc3ccccc3n2)cc1. The number of hydrogen-bond acceptors (Lipinski definition) is 2. The van der Waals surface area contributed by atoms with Gasteiger partial charge in [-0.1, -0.05) is 54.6 Å². The molecular formula is C21H19NO. The Morgan fingerprint density at radius 1 is 0.739 bits per heavy atom. The zero-order valence-corrected chi connectivity index (χ0v) is 12.9. The van der Waals surface area contributed by atoms with E-state index >= 15 is 0 Å². The molecule has 0 bridgehead atoms. The van der Waals surface area contributed by atoms with Gasteiger partial charge in [-0.05, 0) is 35.4 Å². The first-order valence-electron chi connectivity index (χ1n) is 8.40. The fourth-order valence-electron chi connectivity index (χ4n) is 4.52. The first kappa shape index (κ1) is 13.3. The maximum Gasteiger partial charge on any atom is 0.0705 e. The van der Waals surface area contributed by atoms with Crippen LogP contribution in [-0.4, -0.2) is 18.2 Å². The second-order valence-corrected chi connectivity index (χ2v) is 6.76. The molecule has 23 heavy (non-hydrogen) atoms. The molecule has 1 saturated heterocycles. The third kappa shape index (κ3) is 2.02. The van der Waals surface area contributed by atoms with Gasteiger partial charge >= 0.3 is 0 Å². The second kappa shape index (κ2) is 5.17. The molecule has 3 aromatic rings. The van der Waals surface area contributed by atoms with E-state index in [0.29, 0.717) is 23.7 Å². The van der Waals surface area contributed by atoms with Crippen LogP contribution in [0.5, 0.6) is 0 Å². The summed E-state index contributed by atoms with van der Waals surface area (Å²) in [7, 11) is 0. The number of hydrogen-bond donors (Lipinski definition) is 0. The summed E-state index contributed by atoms with van der Waals surface area (Å²) >= 11 is 0. The fraction of sp³-hybridized carbons (Fsp3) is 0.286. The number of pyridine rings is 1. The smallest absolute Gasteiger partial charge is 0.0705 e. The first-order chi connectivity index (χ1) is 11.4. The molecule has 2 heterocycles. The Morgan fingerprint density at radius 3 is 2.35 bits per heavy atom. The van der Waals surface area contributed by atoms with Crippen LogP contribution in [0.4, 0.5) is 0 Å². The van der Waals surface area contributed by atoms with E-state index in [-0.39, 0.29) is 0 Å². The Hall–Kier alpha value is -2.19. The number of benzene rings is 2. The van der Waals surface area contributed by atoms with Crippen molar-refractivity contribution in [2.45, 2.75) is 11.8 Å². The summed E-state index contributed by atoms with van der Waals surface area (Å²) in [6.45, 7) is 1.78. The molecule has 1 aliphatic heterocycles. The van der Waals surface area contributed by atoms with E-state index < -0.39 is 0 Å². The Kier molecular flexibility index (Phi) is 2.98. The summed E-state index contributed by atoms with van der Waals surface area (Å²) in [5, 5.41) is 1.21. The van der Waals surface area contributed by atoms with Gasteiger partial charge in [-0.15, -0.1) is 0 Å². The molecule has 2 fully saturated rings. The van der Waals surface area contributed by atoms with Gasteiger partial charge in [0.2, 0.25) is 0 Å². The number of rotatable bonds is 2. The van der Waals surface area contributed by atoms with Gasteiger partial charge in [0.15, 0.2) is 0 Å². The van der Waals surface area contributed by atoms with Crippen molar-refractivity contribution in [3.8, 4) is 0 Å². The van der Waals surface area contributed by atoms with Crippen LogP contribution in [-0.2, 0) is 4.74 Å². The van der Waals surface area contributed by atoms with Crippen LogP contribution in [0.2, 0.25) is 0 Å². The van der Waals surface area contributed by atoms with Crippen molar-refractivity contribution < 1.29 is 4.74 Å². The van der Waals surface area contributed by atoms with E-state index in [1.54, 1.807) is 0 Å². The van der Waals surface area contributed by atoms with Crippen LogP contribution in [0.25, 0.3) is 10.9 Å². The van der Waals surface area contributed by atoms with Crippen LogP contribution in [0, 0.1) is 11.8 Å². The zero-order chi connectivity index (χ0) is 15.2. The van der Waals surface area contributed by atoms with Crippen molar-refractivity contribution in [2.75, 3.05) is 13.2 Å². The lowest BCUT2D eigenvalue weighted by Gasteiger charge is -2.47. The lowest BCUT2D eigenvalue weighted by molar-refractivity contribution is 0.139. The predicted octanol–water partition coefficient (Wildman–Crippen LogP) is 4.38. The zero-order valence-electron chi connectivity index (χ0n) is 12.9. The van der Waals surface area contributed by atoms with Crippen LogP contribution >= 0.6 is 0 Å². The van der Waals surface area contributed by atoms with E-state index in [4.69, 9.17) is 9.72 Å². The monoisotopic (exact) mass is 301 g/mol. The summed E-state index contributed by atoms with van der Waals surface area (Å²) in [5.74, 6) is 2.29. The Balaban J connectivity index is 1.58. The summed E-state index contributed by atoms with van der Waals surface area (Å²) in [4.78, 5) is 4.98. The normalized spacial score (nSPS) is 29.2. The van der Waals surface area contributed by atoms with Gasteiger partial charge in [-0.2, -0.15) is 0 Å². The summed E-state index contributed by atoms with van der Waals surface area (Å²) in [6, 6.07) is 23.7. The van der Waals surface area contributed by atoms with Gasteiger partial charge in [0.1, 0.15) is 0 Å². The molecule has 5 rings (SSSR count). The molecule has 2 nitrogen and oxygen atoms in total. The van der Waals surface area contributed by atoms with Crippen LogP contribution in [0.3, 0.4) is 0 Å². The highest BCUT2D eigenvalue weighted by Gasteiger charge is 2.54. The van der Waals surface area contributed by atoms with Gasteiger partial charge in [0, 0.05) is 17.0 Å². The maximum absolute atomic E-state index is 5.79. The van der Waals surface area contributed by atoms with E-state index in [9.17, 15) is 0 Å². The van der Waals surface area contributed by atoms with Gasteiger partial charge in [0.05, 0.1) is 18.7 Å². The van der Waals surface area contributed by atoms with Crippen molar-refractivity contribution in [3.63, 3.8) is 0 Å². The summed E-state index contributed by atoms with van der Waals surface area (Å²) in [6.07, 6.45) is 0.